The largest absolute Gasteiger partial charge is 0.310 e. The molecule has 0 amide bonds. The highest BCUT2D eigenvalue weighted by Crippen LogP contribution is 2.49. The molecule has 0 saturated carbocycles. The highest BCUT2D eigenvalue weighted by atomic mass is 32.1. The van der Waals surface area contributed by atoms with Gasteiger partial charge in [0.05, 0.1) is 5.69 Å². The zero-order chi connectivity index (χ0) is 33.7. The third-order valence-electron chi connectivity index (χ3n) is 9.90. The minimum absolute atomic E-state index is 1.12. The van der Waals surface area contributed by atoms with E-state index in [1.165, 1.54) is 73.7 Å². The van der Waals surface area contributed by atoms with Crippen molar-refractivity contribution in [3.05, 3.63) is 188 Å². The molecule has 0 aliphatic heterocycles. The van der Waals surface area contributed by atoms with Gasteiger partial charge in [0.25, 0.3) is 0 Å². The lowest BCUT2D eigenvalue weighted by Crippen LogP contribution is -2.11. The van der Waals surface area contributed by atoms with Crippen molar-refractivity contribution in [1.82, 2.24) is 0 Å². The van der Waals surface area contributed by atoms with Crippen molar-refractivity contribution >= 4 is 80.1 Å². The summed E-state index contributed by atoms with van der Waals surface area (Å²) in [5, 5.41) is 5.21. The smallest absolute Gasteiger partial charge is 0.0547 e. The van der Waals surface area contributed by atoms with Crippen molar-refractivity contribution < 1.29 is 0 Å². The van der Waals surface area contributed by atoms with Crippen molar-refractivity contribution in [1.29, 1.82) is 0 Å². The van der Waals surface area contributed by atoms with Crippen LogP contribution >= 0.6 is 22.7 Å². The number of nitrogens with zero attached hydrogens (tertiary/aromatic N) is 1. The molecule has 3 heteroatoms. The Labute approximate surface area is 304 Å². The lowest BCUT2D eigenvalue weighted by Gasteiger charge is -2.29. The van der Waals surface area contributed by atoms with Crippen molar-refractivity contribution in [3.8, 4) is 33.4 Å². The first-order valence-corrected chi connectivity index (χ1v) is 18.9. The molecule has 0 bridgehead atoms. The maximum atomic E-state index is 2.46. The molecule has 0 fully saturated rings. The van der Waals surface area contributed by atoms with Crippen LogP contribution in [0.15, 0.2) is 188 Å². The fourth-order valence-corrected chi connectivity index (χ4v) is 9.71. The molecule has 8 aromatic carbocycles. The first-order chi connectivity index (χ1) is 25.3. The number of hydrogen-bond donors (Lipinski definition) is 0. The van der Waals surface area contributed by atoms with Gasteiger partial charge in [0.1, 0.15) is 0 Å². The highest BCUT2D eigenvalue weighted by molar-refractivity contribution is 7.26. The van der Waals surface area contributed by atoms with E-state index in [2.05, 4.69) is 193 Å². The average molecular weight is 686 g/mol. The fourth-order valence-electron chi connectivity index (χ4n) is 7.46. The summed E-state index contributed by atoms with van der Waals surface area (Å²) >= 11 is 3.73. The topological polar surface area (TPSA) is 3.24 Å². The summed E-state index contributed by atoms with van der Waals surface area (Å²) in [7, 11) is 0. The monoisotopic (exact) mass is 685 g/mol. The molecule has 1 nitrogen and oxygen atoms in total. The van der Waals surface area contributed by atoms with Crippen LogP contribution in [0.2, 0.25) is 0 Å². The van der Waals surface area contributed by atoms with E-state index in [4.69, 9.17) is 0 Å². The van der Waals surface area contributed by atoms with Crippen molar-refractivity contribution in [2.75, 3.05) is 4.90 Å². The second-order valence-corrected chi connectivity index (χ2v) is 15.1. The summed E-state index contributed by atoms with van der Waals surface area (Å²) in [6.07, 6.45) is 0. The van der Waals surface area contributed by atoms with Gasteiger partial charge < -0.3 is 4.90 Å². The Morgan fingerprint density at radius 2 is 0.804 bits per heavy atom. The lowest BCUT2D eigenvalue weighted by atomic mass is 9.94. The third-order valence-corrected chi connectivity index (χ3v) is 12.2. The number of benzene rings is 8. The molecule has 0 atom stereocenters. The van der Waals surface area contributed by atoms with Gasteiger partial charge in [-0.25, -0.2) is 0 Å². The van der Waals surface area contributed by atoms with Gasteiger partial charge in [-0.2, -0.15) is 0 Å². The normalized spacial score (nSPS) is 11.5. The molecule has 51 heavy (non-hydrogen) atoms. The third kappa shape index (κ3) is 5.21. The second-order valence-electron chi connectivity index (χ2n) is 12.9. The molecule has 0 radical (unpaired) electrons. The molecule has 10 rings (SSSR count). The molecule has 0 unspecified atom stereocenters. The van der Waals surface area contributed by atoms with Crippen molar-refractivity contribution in [3.63, 3.8) is 0 Å². The van der Waals surface area contributed by atoms with Crippen LogP contribution in [0.1, 0.15) is 0 Å². The predicted molar refractivity (Wildman–Crippen MR) is 223 cm³/mol. The van der Waals surface area contributed by atoms with Crippen LogP contribution in [-0.2, 0) is 0 Å². The van der Waals surface area contributed by atoms with Gasteiger partial charge in [-0.1, -0.05) is 140 Å². The number of hydrogen-bond acceptors (Lipinski definition) is 3. The van der Waals surface area contributed by atoms with Gasteiger partial charge in [-0.05, 0) is 76.3 Å². The molecular formula is C48H31NS2. The average Bonchev–Trinajstić information content (AvgIpc) is 3.77. The van der Waals surface area contributed by atoms with Gasteiger partial charge in [-0.3, -0.25) is 0 Å². The van der Waals surface area contributed by atoms with Crippen molar-refractivity contribution in [2.24, 2.45) is 0 Å². The Hall–Kier alpha value is -6.00. The Balaban J connectivity index is 1.23. The maximum Gasteiger partial charge on any atom is 0.0547 e. The number of rotatable bonds is 6. The van der Waals surface area contributed by atoms with E-state index >= 15 is 0 Å². The molecule has 0 spiro atoms. The van der Waals surface area contributed by atoms with E-state index in [9.17, 15) is 0 Å². The van der Waals surface area contributed by atoms with E-state index in [0.29, 0.717) is 0 Å². The van der Waals surface area contributed by atoms with Gasteiger partial charge in [-0.15, -0.1) is 22.7 Å². The summed E-state index contributed by atoms with van der Waals surface area (Å²) in [5.41, 5.74) is 10.7. The standard InChI is InChI=1S/C48H31NS2/c1-3-11-32(12-4-1)34-19-21-36(22-20-34)47-42(29-30-45-48(47)41-16-8-10-18-44(41)50-45)49(37-25-23-35(24-26-37)33-13-5-2-6-14-33)38-27-28-40-39-15-7-9-17-43(39)51-46(40)31-38/h1-31H. The maximum absolute atomic E-state index is 2.46. The highest BCUT2D eigenvalue weighted by Gasteiger charge is 2.23. The van der Waals surface area contributed by atoms with Crippen LogP contribution in [0.4, 0.5) is 17.1 Å². The molecule has 0 saturated heterocycles. The number of thiophene rings is 2. The quantitative estimate of drug-likeness (QED) is 0.168. The minimum Gasteiger partial charge on any atom is -0.310 e. The molecule has 2 heterocycles. The van der Waals surface area contributed by atoms with E-state index in [0.717, 1.165) is 17.1 Å². The summed E-state index contributed by atoms with van der Waals surface area (Å²) in [6, 6.07) is 68.7. The molecular weight excluding hydrogens is 655 g/mol. The van der Waals surface area contributed by atoms with E-state index in [1.807, 2.05) is 22.7 Å². The van der Waals surface area contributed by atoms with Crippen LogP contribution in [-0.4, -0.2) is 0 Å². The summed E-state index contributed by atoms with van der Waals surface area (Å²) in [4.78, 5) is 2.46. The molecule has 0 N–H and O–H groups in total. The van der Waals surface area contributed by atoms with Crippen LogP contribution in [0, 0.1) is 0 Å². The zero-order valence-electron chi connectivity index (χ0n) is 27.7. The van der Waals surface area contributed by atoms with Crippen LogP contribution in [0.5, 0.6) is 0 Å². The second kappa shape index (κ2) is 12.4. The van der Waals surface area contributed by atoms with Gasteiger partial charge >= 0.3 is 0 Å². The minimum atomic E-state index is 1.12. The van der Waals surface area contributed by atoms with Crippen LogP contribution in [0.3, 0.4) is 0 Å². The molecule has 2 aromatic heterocycles. The first kappa shape index (κ1) is 29.9. The SMILES string of the molecule is c1ccc(-c2ccc(-c3c(N(c4ccc(-c5ccccc5)cc4)c4ccc5c(c4)sc4ccccc45)ccc4sc5ccccc5c34)cc2)cc1. The van der Waals surface area contributed by atoms with E-state index in [-0.39, 0.29) is 0 Å². The lowest BCUT2D eigenvalue weighted by molar-refractivity contribution is 1.30. The van der Waals surface area contributed by atoms with Gasteiger partial charge in [0, 0.05) is 57.3 Å². The molecule has 0 aliphatic rings. The summed E-state index contributed by atoms with van der Waals surface area (Å²) in [6.45, 7) is 0. The Morgan fingerprint density at radius 1 is 0.314 bits per heavy atom. The predicted octanol–water partition coefficient (Wildman–Crippen LogP) is 14.9. The first-order valence-electron chi connectivity index (χ1n) is 17.3. The Morgan fingerprint density at radius 3 is 1.49 bits per heavy atom. The Kier molecular flexibility index (Phi) is 7.26. The molecule has 0 aliphatic carbocycles. The van der Waals surface area contributed by atoms with Crippen molar-refractivity contribution in [2.45, 2.75) is 0 Å². The number of anilines is 3. The number of fused-ring (bicyclic) bond motifs is 6. The fraction of sp³-hybridized carbons (Fsp3) is 0. The Bertz CT molecular complexity index is 2830. The van der Waals surface area contributed by atoms with Gasteiger partial charge in [0.15, 0.2) is 0 Å². The van der Waals surface area contributed by atoms with Crippen LogP contribution in [0.25, 0.3) is 73.7 Å². The summed E-state index contributed by atoms with van der Waals surface area (Å²) in [5.74, 6) is 0. The summed E-state index contributed by atoms with van der Waals surface area (Å²) < 4.78 is 5.20. The van der Waals surface area contributed by atoms with Crippen LogP contribution < -0.4 is 4.90 Å². The molecule has 240 valence electrons. The van der Waals surface area contributed by atoms with Gasteiger partial charge in [0.2, 0.25) is 0 Å². The zero-order valence-corrected chi connectivity index (χ0v) is 29.3. The van der Waals surface area contributed by atoms with E-state index < -0.39 is 0 Å². The molecule has 10 aromatic rings. The van der Waals surface area contributed by atoms with E-state index in [1.54, 1.807) is 0 Å².